The highest BCUT2D eigenvalue weighted by Crippen LogP contribution is 2.32. The van der Waals surface area contributed by atoms with Crippen LogP contribution < -0.4 is 15.4 Å². The quantitative estimate of drug-likeness (QED) is 0.818. The van der Waals surface area contributed by atoms with Crippen LogP contribution >= 0.6 is 0 Å². The molecule has 3 N–H and O–H groups in total. The van der Waals surface area contributed by atoms with Gasteiger partial charge in [0.05, 0.1) is 24.4 Å². The van der Waals surface area contributed by atoms with Crippen molar-refractivity contribution in [3.63, 3.8) is 0 Å². The number of aliphatic hydroxyl groups is 1. The number of benzene rings is 1. The molecule has 1 aliphatic heterocycles. The fourth-order valence-electron chi connectivity index (χ4n) is 2.23. The number of ether oxygens (including phenoxy) is 1. The average molecular weight is 236 g/mol. The summed E-state index contributed by atoms with van der Waals surface area (Å²) in [6.07, 6.45) is 0.809. The second-order valence-electron chi connectivity index (χ2n) is 4.59. The summed E-state index contributed by atoms with van der Waals surface area (Å²) in [7, 11) is 0. The summed E-state index contributed by atoms with van der Waals surface area (Å²) in [6.45, 7) is 4.19. The first-order valence-corrected chi connectivity index (χ1v) is 6.05. The van der Waals surface area contributed by atoms with Crippen molar-refractivity contribution in [1.29, 1.82) is 0 Å². The maximum atomic E-state index is 9.28. The van der Waals surface area contributed by atoms with E-state index in [0.29, 0.717) is 13.2 Å². The molecule has 1 fully saturated rings. The first-order valence-electron chi connectivity index (χ1n) is 6.05. The summed E-state index contributed by atoms with van der Waals surface area (Å²) < 4.78 is 5.61. The summed E-state index contributed by atoms with van der Waals surface area (Å²) in [4.78, 5) is 2.18. The lowest BCUT2D eigenvalue weighted by atomic mass is 10.0. The van der Waals surface area contributed by atoms with E-state index in [-0.39, 0.29) is 6.61 Å². The molecule has 94 valence electrons. The van der Waals surface area contributed by atoms with Crippen LogP contribution in [0.25, 0.3) is 0 Å². The van der Waals surface area contributed by atoms with Gasteiger partial charge in [-0.3, -0.25) is 0 Å². The highest BCUT2D eigenvalue weighted by molar-refractivity contribution is 5.59. The molecule has 2 rings (SSSR count). The topological polar surface area (TPSA) is 58.7 Å². The van der Waals surface area contributed by atoms with Crippen LogP contribution in [0.3, 0.4) is 0 Å². The molecule has 1 aromatic carbocycles. The second-order valence-corrected chi connectivity index (χ2v) is 4.59. The highest BCUT2D eigenvalue weighted by atomic mass is 16.5. The van der Waals surface area contributed by atoms with Gasteiger partial charge < -0.3 is 20.5 Å². The molecule has 1 heterocycles. The van der Waals surface area contributed by atoms with Crippen LogP contribution in [0.1, 0.15) is 13.3 Å². The Hall–Kier alpha value is -1.26. The molecule has 1 aliphatic rings. The van der Waals surface area contributed by atoms with E-state index in [0.717, 1.165) is 24.4 Å². The van der Waals surface area contributed by atoms with Crippen molar-refractivity contribution < 1.29 is 9.84 Å². The smallest absolute Gasteiger partial charge is 0.142 e. The first kappa shape index (κ1) is 12.2. The zero-order valence-electron chi connectivity index (χ0n) is 10.2. The minimum absolute atomic E-state index is 0.0281. The van der Waals surface area contributed by atoms with E-state index in [4.69, 9.17) is 10.5 Å². The molecule has 0 saturated carbocycles. The number of aliphatic hydroxyl groups excluding tert-OH is 1. The molecular formula is C13H20N2O2. The number of para-hydroxylation sites is 2. The van der Waals surface area contributed by atoms with E-state index in [9.17, 15) is 5.11 Å². The van der Waals surface area contributed by atoms with Crippen LogP contribution in [0, 0.1) is 0 Å². The van der Waals surface area contributed by atoms with E-state index in [2.05, 4.69) is 4.90 Å². The third kappa shape index (κ3) is 2.53. The molecule has 0 aliphatic carbocycles. The standard InChI is InChI=1S/C13H20N2O2/c1-2-17-12-6-4-3-5-11(12)15-8-7-13(14,9-15)10-16/h3-6,16H,2,7-10,14H2,1H3. The Kier molecular flexibility index (Phi) is 3.54. The first-order chi connectivity index (χ1) is 8.18. The van der Waals surface area contributed by atoms with Gasteiger partial charge in [0.2, 0.25) is 0 Å². The molecule has 1 unspecified atom stereocenters. The van der Waals surface area contributed by atoms with Gasteiger partial charge in [-0.15, -0.1) is 0 Å². The Morgan fingerprint density at radius 3 is 2.88 bits per heavy atom. The Morgan fingerprint density at radius 1 is 1.47 bits per heavy atom. The third-order valence-electron chi connectivity index (χ3n) is 3.21. The molecule has 0 amide bonds. The lowest BCUT2D eigenvalue weighted by Crippen LogP contribution is -2.46. The molecule has 0 radical (unpaired) electrons. The molecular weight excluding hydrogens is 216 g/mol. The van der Waals surface area contributed by atoms with Crippen molar-refractivity contribution in [2.24, 2.45) is 5.73 Å². The summed E-state index contributed by atoms with van der Waals surface area (Å²) in [6, 6.07) is 7.96. The van der Waals surface area contributed by atoms with Gasteiger partial charge in [0.1, 0.15) is 5.75 Å². The summed E-state index contributed by atoms with van der Waals surface area (Å²) in [5.41, 5.74) is 6.67. The van der Waals surface area contributed by atoms with Gasteiger partial charge in [0.15, 0.2) is 0 Å². The number of nitrogens with two attached hydrogens (primary N) is 1. The molecule has 1 atom stereocenters. The van der Waals surface area contributed by atoms with Gasteiger partial charge in [0.25, 0.3) is 0 Å². The van der Waals surface area contributed by atoms with Crippen molar-refractivity contribution in [3.05, 3.63) is 24.3 Å². The van der Waals surface area contributed by atoms with E-state index in [1.165, 1.54) is 0 Å². The number of anilines is 1. The number of hydrogen-bond donors (Lipinski definition) is 2. The molecule has 1 saturated heterocycles. The summed E-state index contributed by atoms with van der Waals surface area (Å²) >= 11 is 0. The zero-order chi connectivity index (χ0) is 12.3. The van der Waals surface area contributed by atoms with E-state index < -0.39 is 5.54 Å². The molecule has 1 aromatic rings. The highest BCUT2D eigenvalue weighted by Gasteiger charge is 2.34. The van der Waals surface area contributed by atoms with Crippen LogP contribution in [-0.4, -0.2) is 36.9 Å². The Labute approximate surface area is 102 Å². The van der Waals surface area contributed by atoms with Crippen LogP contribution in [0.15, 0.2) is 24.3 Å². The Morgan fingerprint density at radius 2 is 2.24 bits per heavy atom. The number of nitrogens with zero attached hydrogens (tertiary/aromatic N) is 1. The zero-order valence-corrected chi connectivity index (χ0v) is 10.2. The molecule has 0 bridgehead atoms. The third-order valence-corrected chi connectivity index (χ3v) is 3.21. The lowest BCUT2D eigenvalue weighted by Gasteiger charge is -2.24. The molecule has 0 aromatic heterocycles. The lowest BCUT2D eigenvalue weighted by molar-refractivity contribution is 0.210. The summed E-state index contributed by atoms with van der Waals surface area (Å²) in [5, 5.41) is 9.28. The van der Waals surface area contributed by atoms with E-state index in [1.807, 2.05) is 31.2 Å². The Balaban J connectivity index is 2.18. The minimum Gasteiger partial charge on any atom is -0.492 e. The van der Waals surface area contributed by atoms with Crippen molar-refractivity contribution in [1.82, 2.24) is 0 Å². The van der Waals surface area contributed by atoms with E-state index in [1.54, 1.807) is 0 Å². The van der Waals surface area contributed by atoms with Crippen LogP contribution in [0.4, 0.5) is 5.69 Å². The van der Waals surface area contributed by atoms with Gasteiger partial charge >= 0.3 is 0 Å². The average Bonchev–Trinajstić information content (AvgIpc) is 2.74. The van der Waals surface area contributed by atoms with Gasteiger partial charge in [-0.1, -0.05) is 12.1 Å². The monoisotopic (exact) mass is 236 g/mol. The van der Waals surface area contributed by atoms with Crippen molar-refractivity contribution >= 4 is 5.69 Å². The van der Waals surface area contributed by atoms with Crippen LogP contribution in [-0.2, 0) is 0 Å². The Bertz CT molecular complexity index is 383. The maximum Gasteiger partial charge on any atom is 0.142 e. The van der Waals surface area contributed by atoms with Crippen molar-refractivity contribution in [2.75, 3.05) is 31.2 Å². The van der Waals surface area contributed by atoms with Crippen molar-refractivity contribution in [3.8, 4) is 5.75 Å². The SMILES string of the molecule is CCOc1ccccc1N1CCC(N)(CO)C1. The molecule has 0 spiro atoms. The minimum atomic E-state index is -0.473. The van der Waals surface area contributed by atoms with Gasteiger partial charge in [0, 0.05) is 13.1 Å². The van der Waals surface area contributed by atoms with Crippen LogP contribution in [0.2, 0.25) is 0 Å². The fourth-order valence-corrected chi connectivity index (χ4v) is 2.23. The maximum absolute atomic E-state index is 9.28. The number of rotatable bonds is 4. The molecule has 17 heavy (non-hydrogen) atoms. The largest absolute Gasteiger partial charge is 0.492 e. The van der Waals surface area contributed by atoms with Crippen molar-refractivity contribution in [2.45, 2.75) is 18.9 Å². The van der Waals surface area contributed by atoms with E-state index >= 15 is 0 Å². The molecule has 4 nitrogen and oxygen atoms in total. The van der Waals surface area contributed by atoms with Gasteiger partial charge in [-0.05, 0) is 25.5 Å². The van der Waals surface area contributed by atoms with Crippen LogP contribution in [0.5, 0.6) is 5.75 Å². The van der Waals surface area contributed by atoms with Gasteiger partial charge in [-0.25, -0.2) is 0 Å². The number of hydrogen-bond acceptors (Lipinski definition) is 4. The normalized spacial score (nSPS) is 24.1. The fraction of sp³-hybridized carbons (Fsp3) is 0.538. The van der Waals surface area contributed by atoms with Gasteiger partial charge in [-0.2, -0.15) is 0 Å². The predicted octanol–water partition coefficient (Wildman–Crippen LogP) is 0.985. The second kappa shape index (κ2) is 4.94. The predicted molar refractivity (Wildman–Crippen MR) is 68.4 cm³/mol. The summed E-state index contributed by atoms with van der Waals surface area (Å²) in [5.74, 6) is 0.886. The molecule has 4 heteroatoms.